The molecule has 0 radical (unpaired) electrons. The Morgan fingerprint density at radius 2 is 1.74 bits per heavy atom. The maximum atomic E-state index is 4.35. The molecular weight excluding hydrogens is 234 g/mol. The van der Waals surface area contributed by atoms with E-state index in [1.165, 1.54) is 16.5 Å². The van der Waals surface area contributed by atoms with Crippen LogP contribution in [0.5, 0.6) is 0 Å². The molecule has 3 nitrogen and oxygen atoms in total. The topological polar surface area (TPSA) is 37.8 Å². The van der Waals surface area contributed by atoms with E-state index in [4.69, 9.17) is 0 Å². The maximum absolute atomic E-state index is 4.35. The molecule has 94 valence electrons. The van der Waals surface area contributed by atoms with E-state index in [9.17, 15) is 0 Å². The Labute approximate surface area is 112 Å². The van der Waals surface area contributed by atoms with Gasteiger partial charge in [-0.25, -0.2) is 0 Å². The van der Waals surface area contributed by atoms with Gasteiger partial charge in [-0.2, -0.15) is 0 Å². The lowest BCUT2D eigenvalue weighted by Crippen LogP contribution is -2.18. The van der Waals surface area contributed by atoms with Crippen molar-refractivity contribution in [3.05, 3.63) is 72.3 Å². The van der Waals surface area contributed by atoms with E-state index in [0.29, 0.717) is 0 Å². The predicted molar refractivity (Wildman–Crippen MR) is 76.9 cm³/mol. The van der Waals surface area contributed by atoms with Crippen molar-refractivity contribution >= 4 is 10.8 Å². The summed E-state index contributed by atoms with van der Waals surface area (Å²) in [5, 5.41) is 5.75. The first-order chi connectivity index (χ1) is 9.40. The van der Waals surface area contributed by atoms with Gasteiger partial charge in [0, 0.05) is 30.2 Å². The van der Waals surface area contributed by atoms with Crippen LogP contribution < -0.4 is 5.32 Å². The molecule has 0 bridgehead atoms. The third-order valence-electron chi connectivity index (χ3n) is 3.34. The van der Waals surface area contributed by atoms with Gasteiger partial charge in [-0.05, 0) is 35.7 Å². The predicted octanol–water partition coefficient (Wildman–Crippen LogP) is 2.94. The van der Waals surface area contributed by atoms with Crippen molar-refractivity contribution in [1.29, 1.82) is 0 Å². The number of hydrogen-bond donors (Lipinski definition) is 1. The molecule has 0 aliphatic carbocycles. The molecule has 19 heavy (non-hydrogen) atoms. The number of aromatic nitrogens is 2. The lowest BCUT2D eigenvalue weighted by Gasteiger charge is -2.18. The number of nitrogens with zero attached hydrogens (tertiary/aromatic N) is 2. The average molecular weight is 249 g/mol. The molecule has 0 fully saturated rings. The van der Waals surface area contributed by atoms with Gasteiger partial charge in [-0.15, -0.1) is 0 Å². The molecule has 3 aromatic rings. The highest BCUT2D eigenvalue weighted by molar-refractivity contribution is 5.85. The first-order valence-corrected chi connectivity index (χ1v) is 6.30. The smallest absolute Gasteiger partial charge is 0.0596 e. The summed E-state index contributed by atoms with van der Waals surface area (Å²) in [5.74, 6) is 0. The van der Waals surface area contributed by atoms with Crippen molar-refractivity contribution in [2.45, 2.75) is 6.04 Å². The number of hydrogen-bond acceptors (Lipinski definition) is 3. The Kier molecular flexibility index (Phi) is 3.21. The number of rotatable bonds is 3. The van der Waals surface area contributed by atoms with E-state index in [1.807, 2.05) is 50.0 Å². The molecular formula is C16H15N3. The zero-order valence-electron chi connectivity index (χ0n) is 10.7. The van der Waals surface area contributed by atoms with Crippen molar-refractivity contribution in [3.8, 4) is 0 Å². The highest BCUT2D eigenvalue weighted by Crippen LogP contribution is 2.27. The van der Waals surface area contributed by atoms with Crippen molar-refractivity contribution in [3.63, 3.8) is 0 Å². The Morgan fingerprint density at radius 3 is 2.53 bits per heavy atom. The lowest BCUT2D eigenvalue weighted by atomic mass is 9.96. The minimum Gasteiger partial charge on any atom is -0.309 e. The van der Waals surface area contributed by atoms with E-state index in [-0.39, 0.29) is 6.04 Å². The summed E-state index contributed by atoms with van der Waals surface area (Å²) in [4.78, 5) is 8.43. The largest absolute Gasteiger partial charge is 0.309 e. The van der Waals surface area contributed by atoms with Gasteiger partial charge < -0.3 is 5.32 Å². The molecule has 3 heteroatoms. The van der Waals surface area contributed by atoms with E-state index in [0.717, 1.165) is 5.39 Å². The Bertz CT molecular complexity index is 674. The zero-order chi connectivity index (χ0) is 13.1. The van der Waals surface area contributed by atoms with Gasteiger partial charge in [0.1, 0.15) is 0 Å². The summed E-state index contributed by atoms with van der Waals surface area (Å²) in [6, 6.07) is 12.5. The van der Waals surface area contributed by atoms with Crippen LogP contribution in [0.25, 0.3) is 10.8 Å². The Morgan fingerprint density at radius 1 is 0.947 bits per heavy atom. The van der Waals surface area contributed by atoms with E-state index in [1.54, 1.807) is 0 Å². The van der Waals surface area contributed by atoms with Crippen molar-refractivity contribution in [2.24, 2.45) is 0 Å². The molecule has 3 rings (SSSR count). The standard InChI is InChI=1S/C16H15N3/c1-17-16(12-6-8-18-9-7-12)15-11-19-10-13-4-2-3-5-14(13)15/h2-11,16-17H,1H3. The van der Waals surface area contributed by atoms with Gasteiger partial charge in [0.25, 0.3) is 0 Å². The normalized spacial score (nSPS) is 12.5. The first-order valence-electron chi connectivity index (χ1n) is 6.30. The molecule has 0 aliphatic heterocycles. The van der Waals surface area contributed by atoms with Crippen molar-refractivity contribution < 1.29 is 0 Å². The van der Waals surface area contributed by atoms with Gasteiger partial charge in [0.05, 0.1) is 6.04 Å². The first kappa shape index (κ1) is 11.8. The van der Waals surface area contributed by atoms with Gasteiger partial charge in [-0.3, -0.25) is 9.97 Å². The average Bonchev–Trinajstić information content (AvgIpc) is 2.49. The fourth-order valence-electron chi connectivity index (χ4n) is 2.43. The molecule has 0 amide bonds. The molecule has 1 atom stereocenters. The fraction of sp³-hybridized carbons (Fsp3) is 0.125. The molecule has 1 unspecified atom stereocenters. The summed E-state index contributed by atoms with van der Waals surface area (Å²) in [6.07, 6.45) is 7.47. The van der Waals surface area contributed by atoms with Crippen molar-refractivity contribution in [2.75, 3.05) is 7.05 Å². The van der Waals surface area contributed by atoms with Crippen LogP contribution in [-0.4, -0.2) is 17.0 Å². The summed E-state index contributed by atoms with van der Waals surface area (Å²) in [7, 11) is 1.97. The number of nitrogens with one attached hydrogen (secondary N) is 1. The SMILES string of the molecule is CNC(c1ccncc1)c1cncc2ccccc12. The number of pyridine rings is 2. The Hall–Kier alpha value is -2.26. The highest BCUT2D eigenvalue weighted by atomic mass is 14.9. The van der Waals surface area contributed by atoms with Gasteiger partial charge >= 0.3 is 0 Å². The molecule has 2 heterocycles. The van der Waals surface area contributed by atoms with Gasteiger partial charge in [-0.1, -0.05) is 24.3 Å². The summed E-state index contributed by atoms with van der Waals surface area (Å²) >= 11 is 0. The monoisotopic (exact) mass is 249 g/mol. The second-order valence-electron chi connectivity index (χ2n) is 4.45. The summed E-state index contributed by atoms with van der Waals surface area (Å²) in [6.45, 7) is 0. The van der Waals surface area contributed by atoms with E-state index >= 15 is 0 Å². The molecule has 0 saturated carbocycles. The highest BCUT2D eigenvalue weighted by Gasteiger charge is 2.14. The second kappa shape index (κ2) is 5.16. The lowest BCUT2D eigenvalue weighted by molar-refractivity contribution is 0.693. The quantitative estimate of drug-likeness (QED) is 0.775. The molecule has 0 spiro atoms. The summed E-state index contributed by atoms with van der Waals surface area (Å²) in [5.41, 5.74) is 2.38. The van der Waals surface area contributed by atoms with Crippen molar-refractivity contribution in [1.82, 2.24) is 15.3 Å². The molecule has 1 aromatic carbocycles. The third kappa shape index (κ3) is 2.20. The van der Waals surface area contributed by atoms with E-state index in [2.05, 4.69) is 33.5 Å². The summed E-state index contributed by atoms with van der Waals surface area (Å²) < 4.78 is 0. The van der Waals surface area contributed by atoms with Crippen LogP contribution in [0.4, 0.5) is 0 Å². The van der Waals surface area contributed by atoms with Crippen LogP contribution in [0.15, 0.2) is 61.2 Å². The van der Waals surface area contributed by atoms with Crippen LogP contribution in [0, 0.1) is 0 Å². The zero-order valence-corrected chi connectivity index (χ0v) is 10.7. The molecule has 2 aromatic heterocycles. The van der Waals surface area contributed by atoms with E-state index < -0.39 is 0 Å². The molecule has 1 N–H and O–H groups in total. The number of benzene rings is 1. The maximum Gasteiger partial charge on any atom is 0.0596 e. The van der Waals surface area contributed by atoms with Crippen LogP contribution in [0.1, 0.15) is 17.2 Å². The van der Waals surface area contributed by atoms with Crippen LogP contribution in [0.3, 0.4) is 0 Å². The second-order valence-corrected chi connectivity index (χ2v) is 4.45. The van der Waals surface area contributed by atoms with Crippen LogP contribution in [0.2, 0.25) is 0 Å². The number of fused-ring (bicyclic) bond motifs is 1. The van der Waals surface area contributed by atoms with Gasteiger partial charge in [0.2, 0.25) is 0 Å². The minimum atomic E-state index is 0.126. The van der Waals surface area contributed by atoms with Crippen LogP contribution in [-0.2, 0) is 0 Å². The minimum absolute atomic E-state index is 0.126. The van der Waals surface area contributed by atoms with Crippen LogP contribution >= 0.6 is 0 Å². The third-order valence-corrected chi connectivity index (χ3v) is 3.34. The molecule has 0 saturated heterocycles. The Balaban J connectivity index is 2.17. The molecule has 0 aliphatic rings. The fourth-order valence-corrected chi connectivity index (χ4v) is 2.43. The van der Waals surface area contributed by atoms with Gasteiger partial charge in [0.15, 0.2) is 0 Å².